The van der Waals surface area contributed by atoms with Crippen LogP contribution in [0, 0.1) is 5.82 Å². The maximum absolute atomic E-state index is 13.3. The summed E-state index contributed by atoms with van der Waals surface area (Å²) in [6.07, 6.45) is 3.43. The molecule has 104 valence electrons. The minimum absolute atomic E-state index is 0.0939. The number of carboxylic acids is 1. The van der Waals surface area contributed by atoms with Crippen LogP contribution in [0.2, 0.25) is 0 Å². The van der Waals surface area contributed by atoms with Gasteiger partial charge in [-0.2, -0.15) is 0 Å². The van der Waals surface area contributed by atoms with Crippen molar-refractivity contribution >= 4 is 17.3 Å². The average Bonchev–Trinajstić information content (AvgIpc) is 2.83. The molecule has 1 fully saturated rings. The SMILES string of the molecule is Nc1c(F)ccc(NC2(CO)CCCC2)c1C(=O)O. The number of anilines is 2. The van der Waals surface area contributed by atoms with E-state index in [0.29, 0.717) is 0 Å². The molecule has 5 nitrogen and oxygen atoms in total. The molecule has 1 aliphatic carbocycles. The van der Waals surface area contributed by atoms with Gasteiger partial charge in [-0.3, -0.25) is 0 Å². The van der Waals surface area contributed by atoms with E-state index < -0.39 is 17.3 Å². The summed E-state index contributed by atoms with van der Waals surface area (Å²) in [5.41, 5.74) is 4.54. The molecule has 0 saturated heterocycles. The Morgan fingerprint density at radius 1 is 1.42 bits per heavy atom. The zero-order valence-corrected chi connectivity index (χ0v) is 10.4. The number of nitrogens with two attached hydrogens (primary N) is 1. The van der Waals surface area contributed by atoms with Gasteiger partial charge >= 0.3 is 5.97 Å². The van der Waals surface area contributed by atoms with Gasteiger partial charge in [0.1, 0.15) is 11.4 Å². The third kappa shape index (κ3) is 2.49. The Morgan fingerprint density at radius 3 is 2.58 bits per heavy atom. The van der Waals surface area contributed by atoms with Crippen molar-refractivity contribution in [3.8, 4) is 0 Å². The molecule has 0 unspecified atom stereocenters. The lowest BCUT2D eigenvalue weighted by molar-refractivity contribution is 0.0698. The van der Waals surface area contributed by atoms with Gasteiger partial charge in [0.2, 0.25) is 0 Å². The van der Waals surface area contributed by atoms with Gasteiger partial charge in [-0.15, -0.1) is 0 Å². The fraction of sp³-hybridized carbons (Fsp3) is 0.462. The Balaban J connectivity index is 2.40. The number of nitrogens with one attached hydrogen (secondary N) is 1. The zero-order chi connectivity index (χ0) is 14.0. The molecule has 6 heteroatoms. The molecule has 0 amide bonds. The van der Waals surface area contributed by atoms with Crippen LogP contribution in [0.25, 0.3) is 0 Å². The number of benzene rings is 1. The van der Waals surface area contributed by atoms with Crippen LogP contribution >= 0.6 is 0 Å². The average molecular weight is 268 g/mol. The van der Waals surface area contributed by atoms with Crippen LogP contribution in [0.3, 0.4) is 0 Å². The van der Waals surface area contributed by atoms with Crippen LogP contribution in [0.5, 0.6) is 0 Å². The van der Waals surface area contributed by atoms with Crippen molar-refractivity contribution in [2.45, 2.75) is 31.2 Å². The molecule has 5 N–H and O–H groups in total. The lowest BCUT2D eigenvalue weighted by Gasteiger charge is -2.30. The number of halogens is 1. The van der Waals surface area contributed by atoms with Gasteiger partial charge in [0, 0.05) is 0 Å². The van der Waals surface area contributed by atoms with E-state index in [2.05, 4.69) is 5.32 Å². The molecule has 2 rings (SSSR count). The highest BCUT2D eigenvalue weighted by Gasteiger charge is 2.34. The predicted octanol–water partition coefficient (Wildman–Crippen LogP) is 1.82. The first-order valence-corrected chi connectivity index (χ1v) is 6.19. The van der Waals surface area contributed by atoms with E-state index in [-0.39, 0.29) is 23.5 Å². The zero-order valence-electron chi connectivity index (χ0n) is 10.4. The van der Waals surface area contributed by atoms with Gasteiger partial charge in [-0.05, 0) is 25.0 Å². The van der Waals surface area contributed by atoms with E-state index in [1.807, 2.05) is 0 Å². The molecule has 19 heavy (non-hydrogen) atoms. The highest BCUT2D eigenvalue weighted by atomic mass is 19.1. The molecular weight excluding hydrogens is 251 g/mol. The Morgan fingerprint density at radius 2 is 2.05 bits per heavy atom. The fourth-order valence-electron chi connectivity index (χ4n) is 2.59. The van der Waals surface area contributed by atoms with Crippen LogP contribution in [0.15, 0.2) is 12.1 Å². The van der Waals surface area contributed by atoms with E-state index in [0.717, 1.165) is 31.7 Å². The number of carboxylic acid groups (broad SMARTS) is 1. The second kappa shape index (κ2) is 5.05. The van der Waals surface area contributed by atoms with Gasteiger partial charge in [0.05, 0.1) is 23.5 Å². The summed E-state index contributed by atoms with van der Waals surface area (Å²) in [4.78, 5) is 11.2. The topological polar surface area (TPSA) is 95.6 Å². The number of hydrogen-bond donors (Lipinski definition) is 4. The first-order valence-electron chi connectivity index (χ1n) is 6.19. The fourth-order valence-corrected chi connectivity index (χ4v) is 2.59. The number of nitrogen functional groups attached to an aromatic ring is 1. The maximum atomic E-state index is 13.3. The summed E-state index contributed by atoms with van der Waals surface area (Å²) < 4.78 is 13.3. The third-order valence-corrected chi connectivity index (χ3v) is 3.67. The van der Waals surface area contributed by atoms with Crippen molar-refractivity contribution in [2.24, 2.45) is 0 Å². The molecule has 1 aliphatic rings. The number of hydrogen-bond acceptors (Lipinski definition) is 4. The molecule has 0 radical (unpaired) electrons. The summed E-state index contributed by atoms with van der Waals surface area (Å²) >= 11 is 0. The second-order valence-electron chi connectivity index (χ2n) is 4.96. The molecule has 0 bridgehead atoms. The summed E-state index contributed by atoms with van der Waals surface area (Å²) in [5, 5.41) is 21.7. The standard InChI is InChI=1S/C13H17FN2O3/c14-8-3-4-9(10(11(8)15)12(18)19)16-13(7-17)5-1-2-6-13/h3-4,16-17H,1-2,5-7,15H2,(H,18,19). The van der Waals surface area contributed by atoms with Crippen LogP contribution in [-0.2, 0) is 0 Å². The molecule has 0 heterocycles. The van der Waals surface area contributed by atoms with E-state index in [1.54, 1.807) is 0 Å². The van der Waals surface area contributed by atoms with Crippen molar-refractivity contribution in [2.75, 3.05) is 17.7 Å². The summed E-state index contributed by atoms with van der Waals surface area (Å²) in [5.74, 6) is -2.04. The van der Waals surface area contributed by atoms with Crippen LogP contribution in [0.1, 0.15) is 36.0 Å². The summed E-state index contributed by atoms with van der Waals surface area (Å²) in [6, 6.07) is 2.48. The normalized spacial score (nSPS) is 17.4. The Hall–Kier alpha value is -1.82. The first-order chi connectivity index (χ1) is 8.99. The number of rotatable bonds is 4. The highest BCUT2D eigenvalue weighted by Crippen LogP contribution is 2.35. The van der Waals surface area contributed by atoms with Crippen LogP contribution in [-0.4, -0.2) is 28.3 Å². The Labute approximate surface area is 110 Å². The van der Waals surface area contributed by atoms with Crippen LogP contribution in [0.4, 0.5) is 15.8 Å². The maximum Gasteiger partial charge on any atom is 0.340 e. The lowest BCUT2D eigenvalue weighted by Crippen LogP contribution is -2.39. The lowest BCUT2D eigenvalue weighted by atomic mass is 9.97. The van der Waals surface area contributed by atoms with Crippen molar-refractivity contribution < 1.29 is 19.4 Å². The molecule has 0 spiro atoms. The van der Waals surface area contributed by atoms with Crippen LogP contribution < -0.4 is 11.1 Å². The number of aromatic carboxylic acids is 1. The Bertz CT molecular complexity index is 499. The molecule has 1 saturated carbocycles. The molecule has 1 aromatic carbocycles. The smallest absolute Gasteiger partial charge is 0.340 e. The first kappa shape index (κ1) is 13.6. The Kier molecular flexibility index (Phi) is 3.61. The quantitative estimate of drug-likeness (QED) is 0.625. The van der Waals surface area contributed by atoms with Gasteiger partial charge in [-0.25, -0.2) is 9.18 Å². The second-order valence-corrected chi connectivity index (χ2v) is 4.96. The van der Waals surface area contributed by atoms with Gasteiger partial charge in [0.25, 0.3) is 0 Å². The summed E-state index contributed by atoms with van der Waals surface area (Å²) in [6.45, 7) is -0.0939. The van der Waals surface area contributed by atoms with Gasteiger partial charge < -0.3 is 21.3 Å². The minimum Gasteiger partial charge on any atom is -0.478 e. The minimum atomic E-state index is -1.29. The molecular formula is C13H17FN2O3. The van der Waals surface area contributed by atoms with E-state index in [1.165, 1.54) is 6.07 Å². The van der Waals surface area contributed by atoms with Crippen molar-refractivity contribution in [3.05, 3.63) is 23.5 Å². The predicted molar refractivity (Wildman–Crippen MR) is 69.7 cm³/mol. The molecule has 0 aliphatic heterocycles. The number of aliphatic hydroxyl groups excluding tert-OH is 1. The largest absolute Gasteiger partial charge is 0.478 e. The van der Waals surface area contributed by atoms with E-state index in [4.69, 9.17) is 10.8 Å². The van der Waals surface area contributed by atoms with Gasteiger partial charge in [0.15, 0.2) is 0 Å². The van der Waals surface area contributed by atoms with Crippen molar-refractivity contribution in [1.82, 2.24) is 0 Å². The molecule has 0 atom stereocenters. The number of aliphatic hydroxyl groups is 1. The van der Waals surface area contributed by atoms with E-state index >= 15 is 0 Å². The highest BCUT2D eigenvalue weighted by molar-refractivity contribution is 6.00. The third-order valence-electron chi connectivity index (χ3n) is 3.67. The monoisotopic (exact) mass is 268 g/mol. The number of carbonyl (C=O) groups is 1. The molecule has 0 aromatic heterocycles. The van der Waals surface area contributed by atoms with Crippen molar-refractivity contribution in [3.63, 3.8) is 0 Å². The van der Waals surface area contributed by atoms with Crippen molar-refractivity contribution in [1.29, 1.82) is 0 Å². The van der Waals surface area contributed by atoms with Gasteiger partial charge in [-0.1, -0.05) is 12.8 Å². The summed E-state index contributed by atoms with van der Waals surface area (Å²) in [7, 11) is 0. The van der Waals surface area contributed by atoms with E-state index in [9.17, 15) is 14.3 Å². The molecule has 1 aromatic rings.